The van der Waals surface area contributed by atoms with Crippen molar-refractivity contribution in [1.29, 1.82) is 0 Å². The van der Waals surface area contributed by atoms with Gasteiger partial charge in [-0.1, -0.05) is 30.7 Å². The predicted molar refractivity (Wildman–Crippen MR) is 175 cm³/mol. The molecule has 2 aromatic carbocycles. The maximum Gasteiger partial charge on any atom is 0.329 e. The van der Waals surface area contributed by atoms with Gasteiger partial charge in [-0.2, -0.15) is 0 Å². The number of benzene rings is 2. The Morgan fingerprint density at radius 3 is 2.73 bits per heavy atom. The molecular weight excluding hydrogens is 596 g/mol. The maximum absolute atomic E-state index is 12.8. The monoisotopic (exact) mass is 634 g/mol. The average Bonchev–Trinajstić information content (AvgIpc) is 3.61. The molecule has 0 bridgehead atoms. The number of hydrogen-bond donors (Lipinski definition) is 2. The number of thiophene rings is 1. The quantitative estimate of drug-likeness (QED) is 0.153. The van der Waals surface area contributed by atoms with Crippen LogP contribution in [-0.2, 0) is 21.4 Å². The van der Waals surface area contributed by atoms with E-state index in [1.54, 1.807) is 36.8 Å². The number of carboxylic acid groups (broad SMARTS) is 1. The molecule has 0 saturated heterocycles. The summed E-state index contributed by atoms with van der Waals surface area (Å²) in [6.45, 7) is 3.88. The number of nitrogens with zero attached hydrogens (tertiary/aromatic N) is 1. The second kappa shape index (κ2) is 13.0. The highest BCUT2D eigenvalue weighted by molar-refractivity contribution is 7.17. The number of hydrogen-bond acceptors (Lipinski definition) is 7. The van der Waals surface area contributed by atoms with Gasteiger partial charge in [0.1, 0.15) is 23.6 Å². The lowest BCUT2D eigenvalue weighted by atomic mass is 9.59. The lowest BCUT2D eigenvalue weighted by Gasteiger charge is -2.47. The van der Waals surface area contributed by atoms with Crippen LogP contribution in [0.2, 0.25) is 5.02 Å². The zero-order chi connectivity index (χ0) is 30.7. The molecule has 1 unspecified atom stereocenters. The summed E-state index contributed by atoms with van der Waals surface area (Å²) in [4.78, 5) is 17.3. The summed E-state index contributed by atoms with van der Waals surface area (Å²) < 4.78 is 18.7. The molecule has 0 aliphatic heterocycles. The van der Waals surface area contributed by atoms with E-state index in [0.29, 0.717) is 49.5 Å². The summed E-state index contributed by atoms with van der Waals surface area (Å²) in [5, 5.41) is 16.5. The summed E-state index contributed by atoms with van der Waals surface area (Å²) in [5.74, 6) is 1.57. The van der Waals surface area contributed by atoms with Crippen molar-refractivity contribution in [2.45, 2.75) is 56.4 Å². The fraction of sp³-hybridized carbons (Fsp3) is 0.429. The summed E-state index contributed by atoms with van der Waals surface area (Å²) in [7, 11) is 1.67. The SMILES string of the molecule is COCCOc1ccc2c(c1)C1(CCC(Nc3cccc(Cl)c3)(C(=O)O)CC1)C(C[C@@H](C)COc1ccnc3ccsc13)C2. The van der Waals surface area contributed by atoms with Crippen LogP contribution in [0.5, 0.6) is 11.5 Å². The number of aromatic nitrogens is 1. The average molecular weight is 635 g/mol. The highest BCUT2D eigenvalue weighted by atomic mass is 35.5. The van der Waals surface area contributed by atoms with E-state index in [1.807, 2.05) is 29.6 Å². The van der Waals surface area contributed by atoms with Gasteiger partial charge in [-0.3, -0.25) is 4.98 Å². The van der Waals surface area contributed by atoms with Crippen molar-refractivity contribution in [3.05, 3.63) is 82.3 Å². The molecule has 2 aliphatic rings. The molecule has 44 heavy (non-hydrogen) atoms. The fourth-order valence-electron chi connectivity index (χ4n) is 7.30. The highest BCUT2D eigenvalue weighted by Gasteiger charge is 2.54. The van der Waals surface area contributed by atoms with Crippen LogP contribution in [0, 0.1) is 11.8 Å². The molecule has 4 aromatic rings. The van der Waals surface area contributed by atoms with Crippen LogP contribution < -0.4 is 14.8 Å². The number of pyridine rings is 1. The van der Waals surface area contributed by atoms with Gasteiger partial charge in [0.15, 0.2) is 0 Å². The van der Waals surface area contributed by atoms with Crippen molar-refractivity contribution in [2.24, 2.45) is 11.8 Å². The van der Waals surface area contributed by atoms with Crippen LogP contribution >= 0.6 is 22.9 Å². The van der Waals surface area contributed by atoms with E-state index in [4.69, 9.17) is 25.8 Å². The molecule has 0 amide bonds. The number of carboxylic acids is 1. The molecule has 2 heterocycles. The maximum atomic E-state index is 12.8. The van der Waals surface area contributed by atoms with Crippen LogP contribution in [-0.4, -0.2) is 48.5 Å². The smallest absolute Gasteiger partial charge is 0.329 e. The van der Waals surface area contributed by atoms with Gasteiger partial charge in [-0.15, -0.1) is 11.3 Å². The number of methoxy groups -OCH3 is 1. The molecule has 2 aromatic heterocycles. The Labute approximate surface area is 267 Å². The number of carbonyl (C=O) groups is 1. The van der Waals surface area contributed by atoms with E-state index >= 15 is 0 Å². The van der Waals surface area contributed by atoms with Gasteiger partial charge in [-0.25, -0.2) is 4.79 Å². The zero-order valence-corrected chi connectivity index (χ0v) is 26.8. The Bertz CT molecular complexity index is 1620. The van der Waals surface area contributed by atoms with Crippen molar-refractivity contribution in [3.8, 4) is 11.5 Å². The second-order valence-electron chi connectivity index (χ2n) is 12.3. The van der Waals surface area contributed by atoms with Crippen LogP contribution in [0.25, 0.3) is 10.2 Å². The van der Waals surface area contributed by atoms with Crippen molar-refractivity contribution >= 4 is 44.8 Å². The van der Waals surface area contributed by atoms with Gasteiger partial charge >= 0.3 is 5.97 Å². The third-order valence-corrected chi connectivity index (χ3v) is 10.7. The summed E-state index contributed by atoms with van der Waals surface area (Å²) >= 11 is 7.89. The first kappa shape index (κ1) is 30.7. The number of rotatable bonds is 12. The lowest BCUT2D eigenvalue weighted by molar-refractivity contribution is -0.144. The van der Waals surface area contributed by atoms with Crippen LogP contribution in [0.4, 0.5) is 5.69 Å². The van der Waals surface area contributed by atoms with Gasteiger partial charge in [0, 0.05) is 24.0 Å². The highest BCUT2D eigenvalue weighted by Crippen LogP contribution is 2.56. The van der Waals surface area contributed by atoms with E-state index in [9.17, 15) is 9.90 Å². The molecule has 7 nitrogen and oxygen atoms in total. The minimum atomic E-state index is -1.06. The number of aliphatic carboxylic acids is 1. The number of fused-ring (bicyclic) bond motifs is 3. The van der Waals surface area contributed by atoms with Crippen LogP contribution in [0.15, 0.2) is 66.2 Å². The van der Waals surface area contributed by atoms with Gasteiger partial charge < -0.3 is 24.6 Å². The van der Waals surface area contributed by atoms with Crippen molar-refractivity contribution < 1.29 is 24.1 Å². The third kappa shape index (κ3) is 6.12. The standard InChI is InChI=1S/C35H39ClN2O5S/c1-23(22-43-31-8-14-37-30-9-17-44-32(30)31)18-25-19-24-6-7-28(42-16-15-41-2)21-29(24)34(25)10-12-35(13-11-34,33(39)40)38-27-5-3-4-26(36)20-27/h3-9,14,17,20-21,23,25,38H,10-13,15-16,18-19,22H2,1-2H3,(H,39,40)/t23-,25?,34?,35?/m1/s1. The largest absolute Gasteiger partial charge is 0.492 e. The fourth-order valence-corrected chi connectivity index (χ4v) is 8.31. The minimum absolute atomic E-state index is 0.142. The number of nitrogens with one attached hydrogen (secondary N) is 1. The Morgan fingerprint density at radius 2 is 1.95 bits per heavy atom. The summed E-state index contributed by atoms with van der Waals surface area (Å²) in [6.07, 6.45) is 6.30. The van der Waals surface area contributed by atoms with E-state index < -0.39 is 11.5 Å². The predicted octanol–water partition coefficient (Wildman–Crippen LogP) is 8.00. The van der Waals surface area contributed by atoms with Crippen LogP contribution in [0.1, 0.15) is 50.2 Å². The van der Waals surface area contributed by atoms with Crippen LogP contribution in [0.3, 0.4) is 0 Å². The van der Waals surface area contributed by atoms with Crippen molar-refractivity contribution in [3.63, 3.8) is 0 Å². The van der Waals surface area contributed by atoms with Gasteiger partial charge in [0.2, 0.25) is 0 Å². The summed E-state index contributed by atoms with van der Waals surface area (Å²) in [6, 6.07) is 17.7. The molecule has 2 atom stereocenters. The van der Waals surface area contributed by atoms with Gasteiger partial charge in [0.05, 0.1) is 23.4 Å². The first-order valence-electron chi connectivity index (χ1n) is 15.3. The van der Waals surface area contributed by atoms with E-state index in [2.05, 4.69) is 35.4 Å². The number of halogens is 1. The van der Waals surface area contributed by atoms with E-state index in [-0.39, 0.29) is 5.41 Å². The van der Waals surface area contributed by atoms with E-state index in [0.717, 1.165) is 53.1 Å². The topological polar surface area (TPSA) is 89.9 Å². The Kier molecular flexibility index (Phi) is 9.03. The molecule has 0 radical (unpaired) electrons. The normalized spacial score (nSPS) is 23.4. The first-order valence-corrected chi connectivity index (χ1v) is 16.5. The lowest BCUT2D eigenvalue weighted by Crippen LogP contribution is -2.53. The molecule has 2 N–H and O–H groups in total. The molecule has 2 aliphatic carbocycles. The molecule has 1 saturated carbocycles. The third-order valence-electron chi connectivity index (χ3n) is 9.55. The van der Waals surface area contributed by atoms with Gasteiger partial charge in [-0.05, 0) is 115 Å². The molecule has 1 spiro atoms. The molecule has 6 rings (SSSR count). The van der Waals surface area contributed by atoms with E-state index in [1.165, 1.54) is 11.1 Å². The first-order chi connectivity index (χ1) is 21.3. The van der Waals surface area contributed by atoms with Crippen molar-refractivity contribution in [2.75, 3.05) is 32.2 Å². The van der Waals surface area contributed by atoms with Gasteiger partial charge in [0.25, 0.3) is 0 Å². The molecular formula is C35H39ClN2O5S. The summed E-state index contributed by atoms with van der Waals surface area (Å²) in [5.41, 5.74) is 3.14. The second-order valence-corrected chi connectivity index (χ2v) is 13.7. The Hall–Kier alpha value is -3.33. The molecule has 232 valence electrons. The Balaban J connectivity index is 1.24. The minimum Gasteiger partial charge on any atom is -0.492 e. The molecule has 1 fully saturated rings. The number of anilines is 1. The zero-order valence-electron chi connectivity index (χ0n) is 25.2. The Morgan fingerprint density at radius 1 is 1.11 bits per heavy atom. The van der Waals surface area contributed by atoms with Crippen molar-refractivity contribution in [1.82, 2.24) is 4.98 Å². The molecule has 9 heteroatoms. The number of ether oxygens (including phenoxy) is 3.